The van der Waals surface area contributed by atoms with Crippen molar-refractivity contribution >= 4 is 17.6 Å². The molecule has 0 aromatic carbocycles. The second-order valence-corrected chi connectivity index (χ2v) is 12.8. The van der Waals surface area contributed by atoms with Crippen LogP contribution in [0.25, 0.3) is 5.65 Å². The molecule has 2 aromatic rings. The third kappa shape index (κ3) is 7.39. The first-order valence-electron chi connectivity index (χ1n) is 13.4. The lowest BCUT2D eigenvalue weighted by Crippen LogP contribution is -2.40. The Labute approximate surface area is 229 Å². The molecule has 0 bridgehead atoms. The topological polar surface area (TPSA) is 97.6 Å². The summed E-state index contributed by atoms with van der Waals surface area (Å²) in [5.74, 6) is -3.18. The number of aromatic nitrogens is 3. The number of halogens is 5. The Bertz CT molecular complexity index is 1240. The van der Waals surface area contributed by atoms with E-state index in [0.29, 0.717) is 11.2 Å². The Hall–Kier alpha value is -2.99. The average molecular weight is 574 g/mol. The summed E-state index contributed by atoms with van der Waals surface area (Å²) in [4.78, 5) is 29.6. The van der Waals surface area contributed by atoms with E-state index in [0.717, 1.165) is 26.7 Å². The lowest BCUT2D eigenvalue weighted by atomic mass is 9.79. The summed E-state index contributed by atoms with van der Waals surface area (Å²) in [6.07, 6.45) is -1.69. The number of fused-ring (bicyclic) bond motifs is 1. The zero-order valence-electron chi connectivity index (χ0n) is 23.2. The molecule has 13 heteroatoms. The van der Waals surface area contributed by atoms with Crippen molar-refractivity contribution in [2.75, 3.05) is 0 Å². The van der Waals surface area contributed by atoms with Gasteiger partial charge in [-0.3, -0.25) is 4.79 Å². The fourth-order valence-electron chi connectivity index (χ4n) is 4.88. The molecule has 2 atom stereocenters. The quantitative estimate of drug-likeness (QED) is 0.345. The Kier molecular flexibility index (Phi) is 7.83. The van der Waals surface area contributed by atoms with Crippen LogP contribution < -0.4 is 10.6 Å². The summed E-state index contributed by atoms with van der Waals surface area (Å²) in [7, 11) is 0. The molecule has 4 rings (SSSR count). The number of rotatable bonds is 9. The standard InChI is InChI=1S/C27H36F5N5O3/c1-24(2,3)40-23(39)35-18(12-25(4,5)27(30,31)32)19-14-37-20(34-19)9-17(13-33-37)22(16-6-7-16)36-21(38)8-15-10-26(28,29)11-15/h9,13-16,18,22H,6-8,10-12H2,1-5H3,(H,35,39)(H,36,38)/t18-,22?/m0/s1. The van der Waals surface area contributed by atoms with E-state index in [9.17, 15) is 31.5 Å². The summed E-state index contributed by atoms with van der Waals surface area (Å²) in [5, 5.41) is 9.83. The Morgan fingerprint density at radius 3 is 2.33 bits per heavy atom. The SMILES string of the molecule is CC(C)(C)OC(=O)N[C@@H](CC(C)(C)C(F)(F)F)c1cn2ncc(C(NC(=O)CC3CC(F)(F)C3)C3CC3)cc2n1. The van der Waals surface area contributed by atoms with Crippen molar-refractivity contribution in [3.63, 3.8) is 0 Å². The largest absolute Gasteiger partial charge is 0.444 e. The maximum atomic E-state index is 13.7. The molecule has 0 saturated heterocycles. The van der Waals surface area contributed by atoms with Crippen LogP contribution in [0.3, 0.4) is 0 Å². The highest BCUT2D eigenvalue weighted by atomic mass is 19.4. The number of imidazole rings is 1. The molecule has 0 aliphatic heterocycles. The number of carbonyl (C=O) groups is 2. The van der Waals surface area contributed by atoms with Gasteiger partial charge in [0.25, 0.3) is 0 Å². The van der Waals surface area contributed by atoms with Crippen LogP contribution in [0.1, 0.15) is 96.5 Å². The highest BCUT2D eigenvalue weighted by Crippen LogP contribution is 2.46. The van der Waals surface area contributed by atoms with Crippen LogP contribution in [0.2, 0.25) is 0 Å². The van der Waals surface area contributed by atoms with E-state index in [2.05, 4.69) is 20.7 Å². The van der Waals surface area contributed by atoms with Gasteiger partial charge in [-0.2, -0.15) is 18.3 Å². The highest BCUT2D eigenvalue weighted by molar-refractivity contribution is 5.77. The molecule has 8 nitrogen and oxygen atoms in total. The van der Waals surface area contributed by atoms with Gasteiger partial charge in [0.2, 0.25) is 11.8 Å². The molecule has 2 heterocycles. The average Bonchev–Trinajstić information content (AvgIpc) is 3.51. The van der Waals surface area contributed by atoms with E-state index >= 15 is 0 Å². The van der Waals surface area contributed by atoms with E-state index in [1.807, 2.05) is 0 Å². The van der Waals surface area contributed by atoms with Gasteiger partial charge in [0.1, 0.15) is 5.60 Å². The van der Waals surface area contributed by atoms with Crippen molar-refractivity contribution in [3.8, 4) is 0 Å². The molecule has 2 saturated carbocycles. The van der Waals surface area contributed by atoms with Gasteiger partial charge < -0.3 is 15.4 Å². The van der Waals surface area contributed by atoms with Crippen LogP contribution in [0.4, 0.5) is 26.7 Å². The van der Waals surface area contributed by atoms with E-state index < -0.39 is 41.7 Å². The maximum Gasteiger partial charge on any atom is 0.408 e. The van der Waals surface area contributed by atoms with E-state index in [1.54, 1.807) is 33.0 Å². The van der Waals surface area contributed by atoms with Crippen molar-refractivity contribution in [1.29, 1.82) is 0 Å². The second-order valence-electron chi connectivity index (χ2n) is 12.8. The van der Waals surface area contributed by atoms with E-state index in [1.165, 1.54) is 10.7 Å². The molecule has 2 aliphatic carbocycles. The number of amides is 2. The van der Waals surface area contributed by atoms with Gasteiger partial charge in [-0.05, 0) is 63.5 Å². The molecular formula is C27H36F5N5O3. The normalized spacial score (nSPS) is 19.6. The lowest BCUT2D eigenvalue weighted by Gasteiger charge is -2.34. The second kappa shape index (κ2) is 10.4. The minimum Gasteiger partial charge on any atom is -0.444 e. The molecule has 40 heavy (non-hydrogen) atoms. The third-order valence-corrected chi connectivity index (χ3v) is 7.31. The molecule has 2 aromatic heterocycles. The molecule has 2 N–H and O–H groups in total. The fourth-order valence-corrected chi connectivity index (χ4v) is 4.88. The van der Waals surface area contributed by atoms with Gasteiger partial charge in [0, 0.05) is 19.3 Å². The lowest BCUT2D eigenvalue weighted by molar-refractivity contribution is -0.215. The number of hydrogen-bond donors (Lipinski definition) is 2. The zero-order chi connectivity index (χ0) is 29.7. The van der Waals surface area contributed by atoms with Crippen LogP contribution in [0.15, 0.2) is 18.5 Å². The summed E-state index contributed by atoms with van der Waals surface area (Å²) in [6.45, 7) is 7.05. The number of nitrogens with one attached hydrogen (secondary N) is 2. The van der Waals surface area contributed by atoms with Gasteiger partial charge >= 0.3 is 12.3 Å². The highest BCUT2D eigenvalue weighted by Gasteiger charge is 2.49. The predicted molar refractivity (Wildman–Crippen MR) is 135 cm³/mol. The van der Waals surface area contributed by atoms with E-state index in [4.69, 9.17) is 4.74 Å². The van der Waals surface area contributed by atoms with Gasteiger partial charge in [-0.25, -0.2) is 23.1 Å². The smallest absolute Gasteiger partial charge is 0.408 e. The number of ether oxygens (including phenoxy) is 1. The van der Waals surface area contributed by atoms with Crippen molar-refractivity contribution in [3.05, 3.63) is 29.7 Å². The van der Waals surface area contributed by atoms with Gasteiger partial charge in [0.15, 0.2) is 5.65 Å². The molecule has 2 amide bonds. The summed E-state index contributed by atoms with van der Waals surface area (Å²) in [5.41, 5.74) is -1.85. The van der Waals surface area contributed by atoms with Gasteiger partial charge in [0.05, 0.1) is 35.6 Å². The zero-order valence-corrected chi connectivity index (χ0v) is 23.2. The summed E-state index contributed by atoms with van der Waals surface area (Å²) >= 11 is 0. The Balaban J connectivity index is 1.55. The Morgan fingerprint density at radius 2 is 1.77 bits per heavy atom. The summed E-state index contributed by atoms with van der Waals surface area (Å²) in [6, 6.07) is 0.179. The molecule has 2 aliphatic rings. The first-order valence-corrected chi connectivity index (χ1v) is 13.4. The van der Waals surface area contributed by atoms with Crippen LogP contribution in [-0.2, 0) is 9.53 Å². The number of alkyl halides is 5. The van der Waals surface area contributed by atoms with Crippen LogP contribution in [0, 0.1) is 17.3 Å². The monoisotopic (exact) mass is 573 g/mol. The molecule has 0 spiro atoms. The van der Waals surface area contributed by atoms with Crippen LogP contribution in [-0.4, -0.2) is 44.3 Å². The first kappa shape index (κ1) is 30.0. The number of carbonyl (C=O) groups excluding carboxylic acids is 2. The number of nitrogens with zero attached hydrogens (tertiary/aromatic N) is 3. The minimum absolute atomic E-state index is 0.0228. The van der Waals surface area contributed by atoms with Crippen molar-refractivity contribution < 1.29 is 36.3 Å². The number of hydrogen-bond acceptors (Lipinski definition) is 5. The van der Waals surface area contributed by atoms with Crippen LogP contribution >= 0.6 is 0 Å². The molecule has 0 radical (unpaired) electrons. The van der Waals surface area contributed by atoms with Gasteiger partial charge in [-0.15, -0.1) is 0 Å². The molecule has 1 unspecified atom stereocenters. The molecule has 2 fully saturated rings. The van der Waals surface area contributed by atoms with Crippen LogP contribution in [0.5, 0.6) is 0 Å². The van der Waals surface area contributed by atoms with Crippen molar-refractivity contribution in [2.24, 2.45) is 17.3 Å². The predicted octanol–water partition coefficient (Wildman–Crippen LogP) is 6.28. The van der Waals surface area contributed by atoms with E-state index in [-0.39, 0.29) is 48.7 Å². The number of alkyl carbamates (subject to hydrolysis) is 1. The fraction of sp³-hybridized carbons (Fsp3) is 0.704. The summed E-state index contributed by atoms with van der Waals surface area (Å²) < 4.78 is 74.2. The molecule has 222 valence electrons. The van der Waals surface area contributed by atoms with Crippen molar-refractivity contribution in [2.45, 2.75) is 103 Å². The molecular weight excluding hydrogens is 537 g/mol. The van der Waals surface area contributed by atoms with Crippen molar-refractivity contribution in [1.82, 2.24) is 25.2 Å². The first-order chi connectivity index (χ1) is 18.3. The van der Waals surface area contributed by atoms with Gasteiger partial charge in [-0.1, -0.05) is 13.8 Å². The third-order valence-electron chi connectivity index (χ3n) is 7.31. The maximum absolute atomic E-state index is 13.7. The minimum atomic E-state index is -4.53. The Morgan fingerprint density at radius 1 is 1.12 bits per heavy atom.